The maximum Gasteiger partial charge on any atom is 0.269 e. The summed E-state index contributed by atoms with van der Waals surface area (Å²) in [6.45, 7) is 7.74. The number of hydrogen-bond acceptors (Lipinski definition) is 3. The average Bonchev–Trinajstić information content (AvgIpc) is 2.38. The van der Waals surface area contributed by atoms with E-state index in [1.165, 1.54) is 11.1 Å². The maximum atomic E-state index is 10.8. The molecule has 0 aliphatic carbocycles. The molecule has 0 unspecified atom stereocenters. The van der Waals surface area contributed by atoms with Gasteiger partial charge in [-0.25, -0.2) is 0 Å². The van der Waals surface area contributed by atoms with Crippen LogP contribution < -0.4 is 0 Å². The summed E-state index contributed by atoms with van der Waals surface area (Å²) in [6.07, 6.45) is 0. The molecule has 2 N–H and O–H groups in total. The Bertz CT molecular complexity index is 495. The molecule has 0 bridgehead atoms. The fourth-order valence-electron chi connectivity index (χ4n) is 2.63. The summed E-state index contributed by atoms with van der Waals surface area (Å²) in [6, 6.07) is 4.87. The van der Waals surface area contributed by atoms with Gasteiger partial charge in [-0.1, -0.05) is 5.06 Å². The van der Waals surface area contributed by atoms with Gasteiger partial charge in [0.1, 0.15) is 11.1 Å². The highest BCUT2D eigenvalue weighted by Crippen LogP contribution is 2.48. The standard InChI is InChI=1S/C12H16N2O3/c1-11(2)9-6-5-8(13(15)16)7-10(9)12(3,4)14(11)17/h5-7,17H,1-4H3/p+1. The number of hydrogen-bond donors (Lipinski definition) is 0. The van der Waals surface area contributed by atoms with Crippen molar-refractivity contribution in [3.63, 3.8) is 0 Å². The lowest BCUT2D eigenvalue weighted by atomic mass is 9.90. The Hall–Kier alpha value is -1.46. The van der Waals surface area contributed by atoms with Gasteiger partial charge >= 0.3 is 0 Å². The number of nitrogens with zero attached hydrogens (tertiary/aromatic N) is 2. The Labute approximate surface area is 99.8 Å². The van der Waals surface area contributed by atoms with Gasteiger partial charge in [-0.05, 0) is 44.9 Å². The van der Waals surface area contributed by atoms with E-state index >= 15 is 0 Å². The highest BCUT2D eigenvalue weighted by Gasteiger charge is 2.52. The molecular formula is C12H17N2O3+. The number of nitro groups is 1. The molecule has 0 spiro atoms. The molecule has 1 aromatic rings. The zero-order valence-electron chi connectivity index (χ0n) is 10.4. The van der Waals surface area contributed by atoms with Crippen LogP contribution in [0.5, 0.6) is 0 Å². The minimum atomic E-state index is -0.509. The van der Waals surface area contributed by atoms with E-state index < -0.39 is 16.0 Å². The molecule has 1 aromatic carbocycles. The molecule has 92 valence electrons. The molecule has 0 saturated heterocycles. The summed E-state index contributed by atoms with van der Waals surface area (Å²) in [5.41, 5.74) is 1.01. The Balaban J connectivity index is 2.68. The number of non-ortho nitro benzene ring substituents is 1. The molecule has 0 atom stereocenters. The van der Waals surface area contributed by atoms with E-state index in [4.69, 9.17) is 5.21 Å². The molecule has 0 aromatic heterocycles. The fraction of sp³-hybridized carbons (Fsp3) is 0.500. The smallest absolute Gasteiger partial charge is 0.269 e. The predicted octanol–water partition coefficient (Wildman–Crippen LogP) is 2.02. The zero-order valence-corrected chi connectivity index (χ0v) is 10.4. The number of hydroxylamine groups is 2. The number of benzene rings is 1. The summed E-state index contributed by atoms with van der Waals surface area (Å²) in [5, 5.41) is 20.5. The van der Waals surface area contributed by atoms with Crippen molar-refractivity contribution >= 4 is 5.69 Å². The molecule has 5 heteroatoms. The van der Waals surface area contributed by atoms with Crippen LogP contribution in [0.2, 0.25) is 0 Å². The quantitative estimate of drug-likeness (QED) is 0.426. The highest BCUT2D eigenvalue weighted by atomic mass is 16.6. The van der Waals surface area contributed by atoms with Gasteiger partial charge in [0, 0.05) is 12.1 Å². The highest BCUT2D eigenvalue weighted by molar-refractivity contribution is 5.49. The van der Waals surface area contributed by atoms with Crippen LogP contribution in [0.15, 0.2) is 18.2 Å². The summed E-state index contributed by atoms with van der Waals surface area (Å²) in [5.74, 6) is 0. The van der Waals surface area contributed by atoms with Crippen LogP contribution in [0.4, 0.5) is 5.69 Å². The second-order valence-corrected chi connectivity index (χ2v) is 5.44. The van der Waals surface area contributed by atoms with Crippen molar-refractivity contribution in [1.29, 1.82) is 0 Å². The third-order valence-corrected chi connectivity index (χ3v) is 3.65. The first-order valence-electron chi connectivity index (χ1n) is 5.50. The van der Waals surface area contributed by atoms with Crippen LogP contribution in [0.1, 0.15) is 38.8 Å². The normalized spacial score (nSPS) is 21.2. The first-order chi connectivity index (χ1) is 7.69. The Morgan fingerprint density at radius 1 is 1.18 bits per heavy atom. The molecular weight excluding hydrogens is 220 g/mol. The summed E-state index contributed by atoms with van der Waals surface area (Å²) >= 11 is 0. The van der Waals surface area contributed by atoms with E-state index in [9.17, 15) is 10.1 Å². The summed E-state index contributed by atoms with van der Waals surface area (Å²) < 4.78 is 0. The monoisotopic (exact) mass is 237 g/mol. The van der Waals surface area contributed by atoms with Gasteiger partial charge in [-0.3, -0.25) is 10.1 Å². The summed E-state index contributed by atoms with van der Waals surface area (Å²) in [4.78, 5) is 10.4. The number of nitro benzene ring substituents is 1. The Kier molecular flexibility index (Phi) is 2.31. The molecule has 17 heavy (non-hydrogen) atoms. The second-order valence-electron chi connectivity index (χ2n) is 5.44. The van der Waals surface area contributed by atoms with Gasteiger partial charge in [-0.2, -0.15) is 0 Å². The van der Waals surface area contributed by atoms with E-state index in [1.807, 2.05) is 27.7 Å². The van der Waals surface area contributed by atoms with E-state index in [2.05, 4.69) is 0 Å². The molecule has 0 amide bonds. The number of rotatable bonds is 1. The zero-order chi connectivity index (χ0) is 13.0. The molecule has 1 heterocycles. The average molecular weight is 237 g/mol. The van der Waals surface area contributed by atoms with Crippen molar-refractivity contribution < 1.29 is 10.1 Å². The predicted molar refractivity (Wildman–Crippen MR) is 64.6 cm³/mol. The van der Waals surface area contributed by atoms with E-state index in [1.54, 1.807) is 12.1 Å². The molecule has 1 aliphatic heterocycles. The SMILES string of the molecule is CC1(C)c2ccc([N+](=O)[O-])cc2C(C)(C)N1[OH2+]. The lowest BCUT2D eigenvalue weighted by Gasteiger charge is -2.29. The third kappa shape index (κ3) is 1.46. The molecule has 2 rings (SSSR count). The van der Waals surface area contributed by atoms with E-state index in [0.717, 1.165) is 11.1 Å². The first kappa shape index (κ1) is 12.0. The minimum absolute atomic E-state index is 0.0860. The number of fused-ring (bicyclic) bond motifs is 1. The van der Waals surface area contributed by atoms with Crippen LogP contribution in [0.3, 0.4) is 0 Å². The van der Waals surface area contributed by atoms with Crippen molar-refractivity contribution in [1.82, 2.24) is 5.06 Å². The van der Waals surface area contributed by atoms with Crippen LogP contribution in [-0.2, 0) is 11.1 Å². The molecule has 1 aliphatic rings. The van der Waals surface area contributed by atoms with E-state index in [-0.39, 0.29) is 5.69 Å². The maximum absolute atomic E-state index is 10.8. The van der Waals surface area contributed by atoms with Crippen LogP contribution in [0, 0.1) is 10.1 Å². The Morgan fingerprint density at radius 3 is 2.24 bits per heavy atom. The van der Waals surface area contributed by atoms with Crippen molar-refractivity contribution in [2.45, 2.75) is 38.8 Å². The molecule has 0 radical (unpaired) electrons. The van der Waals surface area contributed by atoms with E-state index in [0.29, 0.717) is 0 Å². The second kappa shape index (κ2) is 3.27. The van der Waals surface area contributed by atoms with Gasteiger partial charge in [0.25, 0.3) is 5.69 Å². The van der Waals surface area contributed by atoms with Gasteiger partial charge in [0.05, 0.1) is 4.92 Å². The molecule has 0 fully saturated rings. The largest absolute Gasteiger partial charge is 0.337 e. The Morgan fingerprint density at radius 2 is 1.71 bits per heavy atom. The molecule has 0 saturated carbocycles. The van der Waals surface area contributed by atoms with Crippen LogP contribution in [-0.4, -0.2) is 15.2 Å². The van der Waals surface area contributed by atoms with Gasteiger partial charge < -0.3 is 5.21 Å². The van der Waals surface area contributed by atoms with Crippen LogP contribution in [0.25, 0.3) is 0 Å². The minimum Gasteiger partial charge on any atom is -0.337 e. The third-order valence-electron chi connectivity index (χ3n) is 3.65. The fourth-order valence-corrected chi connectivity index (χ4v) is 2.63. The lowest BCUT2D eigenvalue weighted by Crippen LogP contribution is -2.42. The van der Waals surface area contributed by atoms with Gasteiger partial charge in [0.15, 0.2) is 0 Å². The van der Waals surface area contributed by atoms with Gasteiger partial charge in [0.2, 0.25) is 0 Å². The van der Waals surface area contributed by atoms with Crippen molar-refractivity contribution in [3.05, 3.63) is 39.4 Å². The lowest BCUT2D eigenvalue weighted by molar-refractivity contribution is -0.385. The van der Waals surface area contributed by atoms with Gasteiger partial charge in [-0.15, -0.1) is 0 Å². The van der Waals surface area contributed by atoms with Crippen molar-refractivity contribution in [2.24, 2.45) is 0 Å². The first-order valence-corrected chi connectivity index (χ1v) is 5.50. The topological polar surface area (TPSA) is 69.3 Å². The summed E-state index contributed by atoms with van der Waals surface area (Å²) in [7, 11) is 0. The molecule has 5 nitrogen and oxygen atoms in total. The van der Waals surface area contributed by atoms with Crippen molar-refractivity contribution in [3.8, 4) is 0 Å². The van der Waals surface area contributed by atoms with Crippen molar-refractivity contribution in [2.75, 3.05) is 0 Å². The van der Waals surface area contributed by atoms with Crippen LogP contribution >= 0.6 is 0 Å².